The van der Waals surface area contributed by atoms with Gasteiger partial charge in [0.1, 0.15) is 53.9 Å². The number of phenolic OH excluding ortho intramolecular Hbond substituents is 2. The summed E-state index contributed by atoms with van der Waals surface area (Å²) in [5.74, 6) is -0.314. The van der Waals surface area contributed by atoms with E-state index in [1.165, 1.54) is 30.5 Å². The van der Waals surface area contributed by atoms with E-state index in [2.05, 4.69) is 0 Å². The number of hydrogen-bond donors (Lipinski definition) is 6. The first kappa shape index (κ1) is 20.3. The summed E-state index contributed by atoms with van der Waals surface area (Å²) >= 11 is 0. The minimum atomic E-state index is -1.65. The van der Waals surface area contributed by atoms with Gasteiger partial charge >= 0.3 is 0 Å². The van der Waals surface area contributed by atoms with E-state index >= 15 is 0 Å². The van der Waals surface area contributed by atoms with Gasteiger partial charge in [-0.2, -0.15) is 0 Å². The molecule has 158 valence electrons. The second-order valence-electron chi connectivity index (χ2n) is 7.15. The fourth-order valence-corrected chi connectivity index (χ4v) is 3.67. The Hall–Kier alpha value is -2.95. The molecule has 0 bridgehead atoms. The number of phenols is 2. The maximum Gasteiger partial charge on any atom is 0.200 e. The Morgan fingerprint density at radius 2 is 1.60 bits per heavy atom. The lowest BCUT2D eigenvalue weighted by atomic mass is 9.89. The van der Waals surface area contributed by atoms with Crippen LogP contribution in [0.2, 0.25) is 0 Å². The number of aliphatic hydroxyl groups excluding tert-OH is 4. The molecule has 0 unspecified atom stereocenters. The highest BCUT2D eigenvalue weighted by atomic mass is 16.5. The average molecular weight is 416 g/mol. The highest BCUT2D eigenvalue weighted by Crippen LogP contribution is 2.40. The monoisotopic (exact) mass is 416 g/mol. The third kappa shape index (κ3) is 3.22. The second-order valence-corrected chi connectivity index (χ2v) is 7.15. The number of hydrogen-bond acceptors (Lipinski definition) is 9. The minimum Gasteiger partial charge on any atom is -0.508 e. The van der Waals surface area contributed by atoms with Crippen LogP contribution in [0.1, 0.15) is 11.7 Å². The lowest BCUT2D eigenvalue weighted by Crippen LogP contribution is -2.55. The van der Waals surface area contributed by atoms with Crippen molar-refractivity contribution in [3.63, 3.8) is 0 Å². The van der Waals surface area contributed by atoms with Gasteiger partial charge in [-0.25, -0.2) is 0 Å². The quantitative estimate of drug-likeness (QED) is 0.355. The van der Waals surface area contributed by atoms with Crippen LogP contribution in [0.5, 0.6) is 11.5 Å². The van der Waals surface area contributed by atoms with Crippen LogP contribution in [0, 0.1) is 0 Å². The molecular weight excluding hydrogens is 396 g/mol. The predicted molar refractivity (Wildman–Crippen MR) is 104 cm³/mol. The zero-order chi connectivity index (χ0) is 21.6. The Kier molecular flexibility index (Phi) is 5.22. The molecule has 0 saturated carbocycles. The molecule has 4 rings (SSSR count). The van der Waals surface area contributed by atoms with E-state index in [0.717, 1.165) is 0 Å². The first-order chi connectivity index (χ1) is 14.3. The Labute approximate surface area is 169 Å². The van der Waals surface area contributed by atoms with E-state index in [0.29, 0.717) is 5.56 Å². The molecule has 0 aliphatic carbocycles. The van der Waals surface area contributed by atoms with Crippen LogP contribution < -0.4 is 5.43 Å². The lowest BCUT2D eigenvalue weighted by Gasteiger charge is -2.40. The van der Waals surface area contributed by atoms with Gasteiger partial charge in [-0.3, -0.25) is 4.79 Å². The fourth-order valence-electron chi connectivity index (χ4n) is 3.67. The van der Waals surface area contributed by atoms with Gasteiger partial charge in [0.15, 0.2) is 0 Å². The molecule has 5 atom stereocenters. The van der Waals surface area contributed by atoms with E-state index < -0.39 is 42.6 Å². The van der Waals surface area contributed by atoms with Gasteiger partial charge in [0, 0.05) is 0 Å². The van der Waals surface area contributed by atoms with Crippen LogP contribution >= 0.6 is 0 Å². The molecule has 1 saturated heterocycles. The summed E-state index contributed by atoms with van der Waals surface area (Å²) in [7, 11) is 0. The molecule has 1 fully saturated rings. The van der Waals surface area contributed by atoms with E-state index in [4.69, 9.17) is 9.15 Å². The van der Waals surface area contributed by atoms with Crippen LogP contribution in [0.3, 0.4) is 0 Å². The third-order valence-corrected chi connectivity index (χ3v) is 5.31. The van der Waals surface area contributed by atoms with Crippen LogP contribution in [-0.2, 0) is 4.74 Å². The number of benzene rings is 2. The average Bonchev–Trinajstić information content (AvgIpc) is 2.74. The normalized spacial score (nSPS) is 26.7. The van der Waals surface area contributed by atoms with Crippen molar-refractivity contribution in [2.75, 3.05) is 6.61 Å². The molecule has 1 aromatic heterocycles. The maximum atomic E-state index is 13.0. The van der Waals surface area contributed by atoms with Crippen LogP contribution in [-0.4, -0.2) is 61.7 Å². The Morgan fingerprint density at radius 3 is 2.27 bits per heavy atom. The van der Waals surface area contributed by atoms with Crippen molar-refractivity contribution in [2.24, 2.45) is 0 Å². The summed E-state index contributed by atoms with van der Waals surface area (Å²) in [6.07, 6.45) is -6.24. The third-order valence-electron chi connectivity index (χ3n) is 5.31. The number of aliphatic hydroxyl groups is 4. The van der Waals surface area contributed by atoms with Gasteiger partial charge in [-0.15, -0.1) is 0 Å². The van der Waals surface area contributed by atoms with Gasteiger partial charge in [0.2, 0.25) is 5.43 Å². The maximum absolute atomic E-state index is 13.0. The topological polar surface area (TPSA) is 161 Å². The fraction of sp³-hybridized carbons (Fsp3) is 0.286. The molecule has 3 aromatic rings. The molecule has 6 N–H and O–H groups in total. The number of fused-ring (bicyclic) bond motifs is 1. The highest BCUT2D eigenvalue weighted by Gasteiger charge is 2.45. The number of ether oxygens (including phenoxy) is 1. The van der Waals surface area contributed by atoms with Crippen molar-refractivity contribution in [1.29, 1.82) is 0 Å². The van der Waals surface area contributed by atoms with E-state index in [9.17, 15) is 35.4 Å². The smallest absolute Gasteiger partial charge is 0.200 e. The van der Waals surface area contributed by atoms with Crippen molar-refractivity contribution in [3.8, 4) is 22.6 Å². The first-order valence-corrected chi connectivity index (χ1v) is 9.20. The molecular formula is C21H20O9. The van der Waals surface area contributed by atoms with Crippen molar-refractivity contribution in [2.45, 2.75) is 30.5 Å². The Balaban J connectivity index is 1.87. The molecule has 30 heavy (non-hydrogen) atoms. The van der Waals surface area contributed by atoms with Crippen LogP contribution in [0.25, 0.3) is 22.1 Å². The highest BCUT2D eigenvalue weighted by molar-refractivity contribution is 5.86. The van der Waals surface area contributed by atoms with Crippen molar-refractivity contribution in [3.05, 3.63) is 58.4 Å². The van der Waals surface area contributed by atoms with Gasteiger partial charge in [-0.05, 0) is 29.8 Å². The van der Waals surface area contributed by atoms with Crippen LogP contribution in [0.4, 0.5) is 0 Å². The molecule has 1 aliphatic rings. The largest absolute Gasteiger partial charge is 0.508 e. The van der Waals surface area contributed by atoms with Gasteiger partial charge in [-0.1, -0.05) is 12.1 Å². The molecule has 9 nitrogen and oxygen atoms in total. The van der Waals surface area contributed by atoms with Gasteiger partial charge in [0.25, 0.3) is 0 Å². The summed E-state index contributed by atoms with van der Waals surface area (Å²) in [6.45, 7) is -0.637. The van der Waals surface area contributed by atoms with Crippen molar-refractivity contribution >= 4 is 11.0 Å². The molecule has 9 heteroatoms. The molecule has 0 spiro atoms. The minimum absolute atomic E-state index is 0.0405. The summed E-state index contributed by atoms with van der Waals surface area (Å²) in [5, 5.41) is 59.8. The Bertz CT molecular complexity index is 1120. The van der Waals surface area contributed by atoms with Gasteiger partial charge in [0.05, 0.1) is 23.1 Å². The van der Waals surface area contributed by atoms with Crippen molar-refractivity contribution < 1.29 is 39.8 Å². The standard InChI is InChI=1S/C21H20O9/c22-7-14-17(26)18(27)19(28)21(30-14)15-13(24)6-5-11-16(25)12(8-29-20(11)15)9-1-3-10(23)4-2-9/h1-6,8,14,17-19,21-24,26-28H,7H2/t14-,17+,18-,19+,21-/m0/s1. The summed E-state index contributed by atoms with van der Waals surface area (Å²) in [5.41, 5.74) is 0.150. The molecule has 2 heterocycles. The first-order valence-electron chi connectivity index (χ1n) is 9.20. The molecule has 0 radical (unpaired) electrons. The molecule has 2 aromatic carbocycles. The zero-order valence-corrected chi connectivity index (χ0v) is 15.5. The second kappa shape index (κ2) is 7.71. The van der Waals surface area contributed by atoms with E-state index in [1.54, 1.807) is 12.1 Å². The summed E-state index contributed by atoms with van der Waals surface area (Å²) in [6, 6.07) is 8.54. The summed E-state index contributed by atoms with van der Waals surface area (Å²) in [4.78, 5) is 13.0. The SMILES string of the molecule is O=c1c(-c2ccc(O)cc2)coc2c([C@@H]3O[C@@H](CO)[C@@H](O)[C@H](O)[C@H]3O)c(O)ccc12. The number of aromatic hydroxyl groups is 2. The predicted octanol–water partition coefficient (Wildman–Crippen LogP) is 0.386. The Morgan fingerprint density at radius 1 is 0.900 bits per heavy atom. The van der Waals surface area contributed by atoms with E-state index in [-0.39, 0.29) is 33.6 Å². The zero-order valence-electron chi connectivity index (χ0n) is 15.5. The van der Waals surface area contributed by atoms with Crippen molar-refractivity contribution in [1.82, 2.24) is 0 Å². The summed E-state index contributed by atoms with van der Waals surface area (Å²) < 4.78 is 11.1. The van der Waals surface area contributed by atoms with Gasteiger partial charge < -0.3 is 39.8 Å². The van der Waals surface area contributed by atoms with Crippen LogP contribution in [0.15, 0.2) is 51.9 Å². The lowest BCUT2D eigenvalue weighted by molar-refractivity contribution is -0.231. The van der Waals surface area contributed by atoms with E-state index in [1.807, 2.05) is 0 Å². The number of rotatable bonds is 3. The molecule has 0 amide bonds. The molecule has 1 aliphatic heterocycles.